The van der Waals surface area contributed by atoms with Crippen LogP contribution in [0, 0.1) is 0 Å². The van der Waals surface area contributed by atoms with Crippen molar-refractivity contribution >= 4 is 23.2 Å². The van der Waals surface area contributed by atoms with Crippen LogP contribution in [0.2, 0.25) is 5.02 Å². The fourth-order valence-corrected chi connectivity index (χ4v) is 2.39. The van der Waals surface area contributed by atoms with E-state index < -0.39 is 23.8 Å². The number of anilines is 1. The van der Waals surface area contributed by atoms with Crippen molar-refractivity contribution in [3.8, 4) is 11.5 Å². The molecule has 0 spiro atoms. The first-order valence-corrected chi connectivity index (χ1v) is 8.10. The molecule has 0 aromatic heterocycles. The topological polar surface area (TPSA) is 47.6 Å². The number of benzene rings is 2. The third-order valence-electron chi connectivity index (χ3n) is 3.55. The van der Waals surface area contributed by atoms with Crippen LogP contribution in [0.15, 0.2) is 42.5 Å². The van der Waals surface area contributed by atoms with Gasteiger partial charge in [-0.3, -0.25) is 4.79 Å². The molecule has 0 heterocycles. The molecule has 0 fully saturated rings. The van der Waals surface area contributed by atoms with Crippen molar-refractivity contribution in [2.75, 3.05) is 12.4 Å². The Balaban J connectivity index is 2.16. The van der Waals surface area contributed by atoms with Gasteiger partial charge in [0, 0.05) is 5.02 Å². The molecule has 0 aliphatic carbocycles. The van der Waals surface area contributed by atoms with Crippen LogP contribution in [0.1, 0.15) is 18.9 Å². The van der Waals surface area contributed by atoms with Gasteiger partial charge < -0.3 is 14.8 Å². The number of nitrogens with one attached hydrogen (secondary N) is 1. The number of ether oxygens (including phenoxy) is 2. The number of hydrogen-bond donors (Lipinski definition) is 1. The lowest BCUT2D eigenvalue weighted by Gasteiger charge is -2.19. The van der Waals surface area contributed by atoms with E-state index in [1.807, 2.05) is 0 Å². The Morgan fingerprint density at radius 2 is 1.77 bits per heavy atom. The molecule has 2 aromatic rings. The summed E-state index contributed by atoms with van der Waals surface area (Å²) < 4.78 is 50.0. The molecule has 8 heteroatoms. The van der Waals surface area contributed by atoms with Crippen LogP contribution >= 0.6 is 11.6 Å². The summed E-state index contributed by atoms with van der Waals surface area (Å²) in [6, 6.07) is 9.68. The van der Waals surface area contributed by atoms with Crippen LogP contribution in [-0.4, -0.2) is 19.1 Å². The summed E-state index contributed by atoms with van der Waals surface area (Å²) in [6.07, 6.45) is -5.33. The van der Waals surface area contributed by atoms with E-state index in [1.165, 1.54) is 13.2 Å². The molecule has 2 aromatic carbocycles. The van der Waals surface area contributed by atoms with Crippen LogP contribution in [0.5, 0.6) is 11.5 Å². The quantitative estimate of drug-likeness (QED) is 0.744. The molecule has 0 saturated carbocycles. The number of halogens is 4. The van der Waals surface area contributed by atoms with Gasteiger partial charge in [0.2, 0.25) is 0 Å². The fraction of sp³-hybridized carbons (Fsp3) is 0.278. The van der Waals surface area contributed by atoms with Crippen LogP contribution in [0.3, 0.4) is 0 Å². The van der Waals surface area contributed by atoms with E-state index in [9.17, 15) is 18.0 Å². The van der Waals surface area contributed by atoms with E-state index in [4.69, 9.17) is 21.1 Å². The minimum Gasteiger partial charge on any atom is -0.497 e. The molecule has 1 atom stereocenters. The van der Waals surface area contributed by atoms with E-state index in [1.54, 1.807) is 31.2 Å². The number of alkyl halides is 3. The number of amides is 1. The summed E-state index contributed by atoms with van der Waals surface area (Å²) >= 11 is 5.63. The van der Waals surface area contributed by atoms with Gasteiger partial charge in [0.05, 0.1) is 18.4 Å². The van der Waals surface area contributed by atoms with E-state index in [0.717, 1.165) is 12.1 Å². The van der Waals surface area contributed by atoms with Gasteiger partial charge in [-0.1, -0.05) is 18.5 Å². The summed E-state index contributed by atoms with van der Waals surface area (Å²) in [4.78, 5) is 12.4. The molecule has 1 amide bonds. The molecule has 140 valence electrons. The largest absolute Gasteiger partial charge is 0.497 e. The maximum absolute atomic E-state index is 13.1. The van der Waals surface area contributed by atoms with Crippen molar-refractivity contribution < 1.29 is 27.4 Å². The first kappa shape index (κ1) is 19.9. The third-order valence-corrected chi connectivity index (χ3v) is 3.78. The highest BCUT2D eigenvalue weighted by Crippen LogP contribution is 2.36. The second kappa shape index (κ2) is 8.31. The van der Waals surface area contributed by atoms with Crippen molar-refractivity contribution in [1.82, 2.24) is 0 Å². The number of carbonyl (C=O) groups is 1. The molecular weight excluding hydrogens is 371 g/mol. The predicted molar refractivity (Wildman–Crippen MR) is 92.8 cm³/mol. The first-order valence-electron chi connectivity index (χ1n) is 7.73. The van der Waals surface area contributed by atoms with Gasteiger partial charge in [0.1, 0.15) is 11.5 Å². The Morgan fingerprint density at radius 3 is 2.31 bits per heavy atom. The Labute approximate surface area is 153 Å². The van der Waals surface area contributed by atoms with Gasteiger partial charge in [0.15, 0.2) is 6.10 Å². The minimum atomic E-state index is -4.65. The van der Waals surface area contributed by atoms with Crippen LogP contribution < -0.4 is 14.8 Å². The standard InChI is InChI=1S/C18H17ClF3NO3/c1-3-16(26-13-7-5-12(25-2)6-8-13)17(24)23-15-9-4-11(19)10-14(15)18(20,21)22/h4-10,16H,3H2,1-2H3,(H,23,24)/t16-/m1/s1. The van der Waals surface area contributed by atoms with E-state index in [-0.39, 0.29) is 17.1 Å². The van der Waals surface area contributed by atoms with Gasteiger partial charge >= 0.3 is 6.18 Å². The zero-order valence-electron chi connectivity index (χ0n) is 14.1. The first-order chi connectivity index (χ1) is 12.2. The highest BCUT2D eigenvalue weighted by atomic mass is 35.5. The fourth-order valence-electron chi connectivity index (χ4n) is 2.21. The van der Waals surface area contributed by atoms with Gasteiger partial charge in [-0.25, -0.2) is 0 Å². The second-order valence-corrected chi connectivity index (χ2v) is 5.80. The van der Waals surface area contributed by atoms with Crippen molar-refractivity contribution in [1.29, 1.82) is 0 Å². The molecule has 0 unspecified atom stereocenters. The number of carbonyl (C=O) groups excluding carboxylic acids is 1. The van der Waals surface area contributed by atoms with Crippen LogP contribution in [0.4, 0.5) is 18.9 Å². The average Bonchev–Trinajstić information content (AvgIpc) is 2.60. The zero-order valence-corrected chi connectivity index (χ0v) is 14.8. The van der Waals surface area contributed by atoms with Gasteiger partial charge in [0.25, 0.3) is 5.91 Å². The average molecular weight is 388 g/mol. The maximum atomic E-state index is 13.1. The van der Waals surface area contributed by atoms with E-state index >= 15 is 0 Å². The Bertz CT molecular complexity index is 763. The number of rotatable bonds is 6. The molecule has 2 rings (SSSR count). The van der Waals surface area contributed by atoms with Gasteiger partial charge in [-0.15, -0.1) is 0 Å². The monoisotopic (exact) mass is 387 g/mol. The van der Waals surface area contributed by atoms with Crippen LogP contribution in [-0.2, 0) is 11.0 Å². The molecule has 0 aliphatic rings. The third kappa shape index (κ3) is 5.05. The smallest absolute Gasteiger partial charge is 0.418 e. The van der Waals surface area contributed by atoms with Crippen molar-refractivity contribution in [3.05, 3.63) is 53.1 Å². The second-order valence-electron chi connectivity index (χ2n) is 5.37. The summed E-state index contributed by atoms with van der Waals surface area (Å²) in [7, 11) is 1.52. The highest BCUT2D eigenvalue weighted by Gasteiger charge is 2.34. The molecule has 4 nitrogen and oxygen atoms in total. The zero-order chi connectivity index (χ0) is 19.3. The molecule has 0 aliphatic heterocycles. The molecule has 0 saturated heterocycles. The SMILES string of the molecule is CC[C@@H](Oc1ccc(OC)cc1)C(=O)Nc1ccc(Cl)cc1C(F)(F)F. The lowest BCUT2D eigenvalue weighted by atomic mass is 10.1. The Kier molecular flexibility index (Phi) is 6.37. The Morgan fingerprint density at radius 1 is 1.15 bits per heavy atom. The van der Waals surface area contributed by atoms with E-state index in [2.05, 4.69) is 5.32 Å². The van der Waals surface area contributed by atoms with Crippen molar-refractivity contribution in [2.24, 2.45) is 0 Å². The summed E-state index contributed by atoms with van der Waals surface area (Å²) in [5, 5.41) is 2.20. The molecule has 0 bridgehead atoms. The van der Waals surface area contributed by atoms with Gasteiger partial charge in [-0.2, -0.15) is 13.2 Å². The summed E-state index contributed by atoms with van der Waals surface area (Å²) in [6.45, 7) is 1.69. The molecule has 1 N–H and O–H groups in total. The number of methoxy groups -OCH3 is 1. The predicted octanol–water partition coefficient (Wildman–Crippen LogP) is 5.16. The number of hydrogen-bond acceptors (Lipinski definition) is 3. The van der Waals surface area contributed by atoms with Crippen LogP contribution in [0.25, 0.3) is 0 Å². The normalized spacial score (nSPS) is 12.4. The summed E-state index contributed by atoms with van der Waals surface area (Å²) in [5.74, 6) is 0.335. The Hall–Kier alpha value is -2.41. The molecule has 26 heavy (non-hydrogen) atoms. The summed E-state index contributed by atoms with van der Waals surface area (Å²) in [5.41, 5.74) is -1.39. The minimum absolute atomic E-state index is 0.0724. The molecule has 0 radical (unpaired) electrons. The van der Waals surface area contributed by atoms with Crippen molar-refractivity contribution in [2.45, 2.75) is 25.6 Å². The lowest BCUT2D eigenvalue weighted by molar-refractivity contribution is -0.137. The van der Waals surface area contributed by atoms with Crippen molar-refractivity contribution in [3.63, 3.8) is 0 Å². The van der Waals surface area contributed by atoms with E-state index in [0.29, 0.717) is 11.5 Å². The highest BCUT2D eigenvalue weighted by molar-refractivity contribution is 6.30. The lowest BCUT2D eigenvalue weighted by Crippen LogP contribution is -2.33. The molecular formula is C18H17ClF3NO3. The van der Waals surface area contributed by atoms with Gasteiger partial charge in [-0.05, 0) is 48.9 Å². The maximum Gasteiger partial charge on any atom is 0.418 e.